The van der Waals surface area contributed by atoms with Crippen molar-refractivity contribution < 1.29 is 27.4 Å². The topological polar surface area (TPSA) is 54.6 Å². The third kappa shape index (κ3) is 3.94. The minimum absolute atomic E-state index is 0.00927. The molecule has 33 heavy (non-hydrogen) atoms. The number of nitrogens with one attached hydrogen (secondary N) is 1. The third-order valence-electron chi connectivity index (χ3n) is 6.33. The van der Waals surface area contributed by atoms with Crippen LogP contribution in [0.5, 0.6) is 0 Å². The Balaban J connectivity index is 1.61. The Morgan fingerprint density at radius 3 is 2.67 bits per heavy atom. The number of hydrogen-bond acceptors (Lipinski definition) is 4. The van der Waals surface area contributed by atoms with E-state index in [9.17, 15) is 4.79 Å². The van der Waals surface area contributed by atoms with Gasteiger partial charge in [0.25, 0.3) is 0 Å². The van der Waals surface area contributed by atoms with Gasteiger partial charge in [-0.15, -0.1) is 0 Å². The predicted octanol–water partition coefficient (Wildman–Crippen LogP) is 4.32. The van der Waals surface area contributed by atoms with E-state index in [-0.39, 0.29) is 30.9 Å². The molecule has 2 aliphatic heterocycles. The molecule has 1 aromatic heterocycles. The van der Waals surface area contributed by atoms with Gasteiger partial charge in [0.2, 0.25) is 0 Å². The molecule has 3 heterocycles. The lowest BCUT2D eigenvalue weighted by Crippen LogP contribution is -2.55. The number of esters is 1. The summed E-state index contributed by atoms with van der Waals surface area (Å²) in [5.74, 6) is -2.16. The molecule has 0 radical (unpaired) electrons. The fourth-order valence-corrected chi connectivity index (χ4v) is 4.76. The largest absolute Gasteiger partial charge is 0.466 e. The van der Waals surface area contributed by atoms with Crippen molar-refractivity contribution in [1.82, 2.24) is 9.88 Å². The van der Waals surface area contributed by atoms with Gasteiger partial charge in [-0.2, -0.15) is 0 Å². The smallest absolute Gasteiger partial charge is 0.330 e. The van der Waals surface area contributed by atoms with Gasteiger partial charge in [0, 0.05) is 41.3 Å². The second-order valence-corrected chi connectivity index (χ2v) is 8.58. The minimum Gasteiger partial charge on any atom is -0.466 e. The van der Waals surface area contributed by atoms with Gasteiger partial charge in [0.1, 0.15) is 11.6 Å². The Morgan fingerprint density at radius 2 is 2.00 bits per heavy atom. The number of rotatable bonds is 5. The Labute approximate surface area is 188 Å². The zero-order chi connectivity index (χ0) is 23.2. The van der Waals surface area contributed by atoms with Crippen molar-refractivity contribution in [3.8, 4) is 0 Å². The fraction of sp³-hybridized carbons (Fsp3) is 0.320. The Kier molecular flexibility index (Phi) is 5.50. The molecule has 5 nitrogen and oxygen atoms in total. The van der Waals surface area contributed by atoms with Crippen molar-refractivity contribution in [1.29, 1.82) is 0 Å². The van der Waals surface area contributed by atoms with Crippen LogP contribution in [0.1, 0.15) is 28.4 Å². The van der Waals surface area contributed by atoms with Crippen LogP contribution in [-0.2, 0) is 20.7 Å². The first kappa shape index (κ1) is 21.7. The lowest BCUT2D eigenvalue weighted by Gasteiger charge is -2.43. The van der Waals surface area contributed by atoms with E-state index in [0.29, 0.717) is 18.7 Å². The molecule has 0 aliphatic carbocycles. The quantitative estimate of drug-likeness (QED) is 0.459. The molecule has 1 atom stereocenters. The van der Waals surface area contributed by atoms with Gasteiger partial charge in [-0.1, -0.05) is 18.2 Å². The molecule has 1 N–H and O–H groups in total. The van der Waals surface area contributed by atoms with E-state index in [0.717, 1.165) is 22.5 Å². The van der Waals surface area contributed by atoms with E-state index in [2.05, 4.69) is 9.72 Å². The summed E-state index contributed by atoms with van der Waals surface area (Å²) in [5.41, 5.74) is 1.02. The van der Waals surface area contributed by atoms with Crippen LogP contribution in [0.2, 0.25) is 0 Å². The van der Waals surface area contributed by atoms with Gasteiger partial charge in [-0.05, 0) is 41.8 Å². The monoisotopic (exact) mass is 456 g/mol. The highest BCUT2D eigenvalue weighted by molar-refractivity contribution is 5.87. The highest BCUT2D eigenvalue weighted by Crippen LogP contribution is 2.42. The average molecular weight is 456 g/mol. The summed E-state index contributed by atoms with van der Waals surface area (Å²) in [6, 6.07) is 9.22. The second kappa shape index (κ2) is 8.35. The highest BCUT2D eigenvalue weighted by atomic mass is 19.1. The van der Waals surface area contributed by atoms with Crippen LogP contribution in [0.15, 0.2) is 42.5 Å². The molecule has 0 bridgehead atoms. The van der Waals surface area contributed by atoms with Gasteiger partial charge >= 0.3 is 5.97 Å². The summed E-state index contributed by atoms with van der Waals surface area (Å²) in [5, 5.41) is 0.998. The summed E-state index contributed by atoms with van der Waals surface area (Å²) < 4.78 is 55.4. The molecule has 1 saturated heterocycles. The van der Waals surface area contributed by atoms with E-state index in [4.69, 9.17) is 4.74 Å². The van der Waals surface area contributed by atoms with Gasteiger partial charge in [0.15, 0.2) is 5.67 Å². The number of alkyl halides is 1. The predicted molar refractivity (Wildman–Crippen MR) is 117 cm³/mol. The molecule has 0 spiro atoms. The summed E-state index contributed by atoms with van der Waals surface area (Å²) in [6.07, 6.45) is 3.02. The van der Waals surface area contributed by atoms with Crippen molar-refractivity contribution in [2.24, 2.45) is 0 Å². The lowest BCUT2D eigenvalue weighted by atomic mass is 9.89. The molecule has 8 heteroatoms. The summed E-state index contributed by atoms with van der Waals surface area (Å²) in [6.45, 7) is 0.402. The molecule has 1 unspecified atom stereocenters. The Morgan fingerprint density at radius 1 is 1.27 bits per heavy atom. The molecule has 2 aromatic carbocycles. The van der Waals surface area contributed by atoms with Crippen molar-refractivity contribution in [3.05, 3.63) is 76.5 Å². The van der Waals surface area contributed by atoms with Gasteiger partial charge < -0.3 is 14.5 Å². The molecular weight excluding hydrogens is 433 g/mol. The number of nitrogens with zero attached hydrogens (tertiary/aromatic N) is 1. The van der Waals surface area contributed by atoms with Crippen LogP contribution in [0, 0.1) is 11.6 Å². The summed E-state index contributed by atoms with van der Waals surface area (Å²) in [7, 11) is 1.22. The zero-order valence-electron chi connectivity index (χ0n) is 18.0. The molecule has 172 valence electrons. The maximum absolute atomic E-state index is 15.4. The maximum atomic E-state index is 15.4. The number of carbonyl (C=O) groups excluding carboxylic acids is 1. The summed E-state index contributed by atoms with van der Waals surface area (Å²) >= 11 is 0. The number of methoxy groups -OCH3 is 1. The van der Waals surface area contributed by atoms with Gasteiger partial charge in [-0.3, -0.25) is 4.90 Å². The molecule has 5 rings (SSSR count). The van der Waals surface area contributed by atoms with Crippen LogP contribution in [0.25, 0.3) is 17.0 Å². The number of carbonyl (C=O) groups is 1. The zero-order valence-corrected chi connectivity index (χ0v) is 18.0. The number of para-hydroxylation sites is 1. The van der Waals surface area contributed by atoms with Crippen LogP contribution >= 0.6 is 0 Å². The number of benzene rings is 2. The maximum Gasteiger partial charge on any atom is 0.330 e. The normalized spacial score (nSPS) is 20.1. The summed E-state index contributed by atoms with van der Waals surface area (Å²) in [4.78, 5) is 16.5. The Hall–Kier alpha value is -3.10. The standard InChI is InChI=1S/C25H23F3N2O3/c1-32-21(31)7-6-15-10-18(26)22(19(27)11-15)24-23-17(16-4-2-3-5-20(16)29-23)8-9-30(24)12-25(28)13-33-14-25/h2-7,10-11,24,29H,8-9,12-14H2,1H3/b7-6-. The molecule has 0 saturated carbocycles. The molecule has 0 amide bonds. The third-order valence-corrected chi connectivity index (χ3v) is 6.33. The van der Waals surface area contributed by atoms with Crippen molar-refractivity contribution in [3.63, 3.8) is 0 Å². The number of ether oxygens (including phenoxy) is 2. The highest BCUT2D eigenvalue weighted by Gasteiger charge is 2.44. The first-order valence-electron chi connectivity index (χ1n) is 10.7. The SMILES string of the molecule is COC(=O)/C=C\c1cc(F)c(C2c3[nH]c4ccccc4c3CCN2CC2(F)COC2)c(F)c1. The van der Waals surface area contributed by atoms with Crippen LogP contribution < -0.4 is 0 Å². The van der Waals surface area contributed by atoms with Gasteiger partial charge in [-0.25, -0.2) is 18.0 Å². The fourth-order valence-electron chi connectivity index (χ4n) is 4.76. The van der Waals surface area contributed by atoms with Crippen molar-refractivity contribution in [2.45, 2.75) is 18.1 Å². The molecule has 1 fully saturated rings. The number of fused-ring (bicyclic) bond motifs is 3. The van der Waals surface area contributed by atoms with E-state index < -0.39 is 29.3 Å². The number of H-pyrrole nitrogens is 1. The van der Waals surface area contributed by atoms with Crippen LogP contribution in [-0.4, -0.2) is 54.9 Å². The van der Waals surface area contributed by atoms with E-state index >= 15 is 13.2 Å². The van der Waals surface area contributed by atoms with Gasteiger partial charge in [0.05, 0.1) is 26.4 Å². The molecule has 2 aliphatic rings. The second-order valence-electron chi connectivity index (χ2n) is 8.58. The number of halogens is 3. The minimum atomic E-state index is -1.54. The molecule has 3 aromatic rings. The Bertz CT molecular complexity index is 1230. The van der Waals surface area contributed by atoms with Crippen LogP contribution in [0.3, 0.4) is 0 Å². The van der Waals surface area contributed by atoms with Crippen LogP contribution in [0.4, 0.5) is 13.2 Å². The van der Waals surface area contributed by atoms with E-state index in [1.807, 2.05) is 24.3 Å². The number of hydrogen-bond donors (Lipinski definition) is 1. The number of aromatic nitrogens is 1. The van der Waals surface area contributed by atoms with Crippen molar-refractivity contribution >= 4 is 22.9 Å². The number of aromatic amines is 1. The lowest BCUT2D eigenvalue weighted by molar-refractivity contribution is -0.144. The average Bonchev–Trinajstić information content (AvgIpc) is 3.15. The first-order chi connectivity index (χ1) is 15.9. The van der Waals surface area contributed by atoms with E-state index in [1.165, 1.54) is 25.3 Å². The molecular formula is C25H23F3N2O3. The first-order valence-corrected chi connectivity index (χ1v) is 10.7. The van der Waals surface area contributed by atoms with E-state index in [1.54, 1.807) is 4.90 Å². The van der Waals surface area contributed by atoms with Crippen molar-refractivity contribution in [2.75, 3.05) is 33.4 Å².